The number of hydrogen-bond acceptors (Lipinski definition) is 5. The molecule has 6 rings (SSSR count). The maximum atomic E-state index is 12.6. The monoisotopic (exact) mass is 517 g/mol. The zero-order valence-corrected chi connectivity index (χ0v) is 23.1. The number of nitrogens with zero attached hydrogens (tertiary/aromatic N) is 2. The highest BCUT2D eigenvalue weighted by molar-refractivity contribution is 6.99. The van der Waals surface area contributed by atoms with Gasteiger partial charge in [-0.1, -0.05) is 87.5 Å². The van der Waals surface area contributed by atoms with Crippen LogP contribution in [0.2, 0.25) is 5.04 Å². The highest BCUT2D eigenvalue weighted by Gasteiger charge is 2.63. The molecule has 3 aromatic rings. The highest BCUT2D eigenvalue weighted by Crippen LogP contribution is 2.58. The first-order chi connectivity index (χ1) is 17.7. The Balaban J connectivity index is 1.70. The van der Waals surface area contributed by atoms with Gasteiger partial charge in [-0.15, -0.1) is 0 Å². The number of rotatable bonds is 7. The van der Waals surface area contributed by atoms with Crippen LogP contribution in [0.15, 0.2) is 72.8 Å². The quantitative estimate of drug-likeness (QED) is 0.375. The topological polar surface area (TPSA) is 86.9 Å². The zero-order chi connectivity index (χ0) is 26.4. The second-order valence-electron chi connectivity index (χ2n) is 10.9. The summed E-state index contributed by atoms with van der Waals surface area (Å²) in [5.41, 5.74) is 6.74. The van der Waals surface area contributed by atoms with Crippen molar-refractivity contribution in [3.63, 3.8) is 0 Å². The van der Waals surface area contributed by atoms with E-state index in [1.54, 1.807) is 19.1 Å². The van der Waals surface area contributed by atoms with E-state index in [9.17, 15) is 4.79 Å². The SMILES string of the molecule is COC(OC)c1ccc2c(n1)N(C(N)=O)C1CC2(O[Si](c2ccccc2)(c2ccccc2)C(C)(C)C)C1. The first-order valence-corrected chi connectivity index (χ1v) is 14.5. The fourth-order valence-electron chi connectivity index (χ4n) is 6.11. The van der Waals surface area contributed by atoms with Crippen molar-refractivity contribution in [2.75, 3.05) is 19.1 Å². The molecule has 8 heteroatoms. The number of hydrogen-bond donors (Lipinski definition) is 1. The van der Waals surface area contributed by atoms with Crippen LogP contribution >= 0.6 is 0 Å². The third-order valence-electron chi connectivity index (χ3n) is 7.78. The molecule has 1 aromatic heterocycles. The van der Waals surface area contributed by atoms with Crippen molar-refractivity contribution < 1.29 is 18.7 Å². The Morgan fingerprint density at radius 3 is 1.97 bits per heavy atom. The van der Waals surface area contributed by atoms with Crippen LogP contribution in [0.5, 0.6) is 0 Å². The van der Waals surface area contributed by atoms with E-state index >= 15 is 0 Å². The molecule has 0 atom stereocenters. The van der Waals surface area contributed by atoms with E-state index in [2.05, 4.69) is 69.3 Å². The lowest BCUT2D eigenvalue weighted by molar-refractivity contribution is -0.108. The molecule has 0 spiro atoms. The number of carbonyl (C=O) groups excluding carboxylic acids is 1. The molecule has 37 heavy (non-hydrogen) atoms. The summed E-state index contributed by atoms with van der Waals surface area (Å²) >= 11 is 0. The summed E-state index contributed by atoms with van der Waals surface area (Å²) in [4.78, 5) is 19.0. The number of ether oxygens (including phenoxy) is 2. The van der Waals surface area contributed by atoms with Crippen LogP contribution < -0.4 is 21.0 Å². The van der Waals surface area contributed by atoms with Gasteiger partial charge in [-0.3, -0.25) is 4.90 Å². The fraction of sp³-hybridized carbons (Fsp3) is 0.379. The van der Waals surface area contributed by atoms with Crippen LogP contribution in [0.3, 0.4) is 0 Å². The summed E-state index contributed by atoms with van der Waals surface area (Å²) in [7, 11) is 0.274. The van der Waals surface area contributed by atoms with Crippen molar-refractivity contribution in [3.8, 4) is 0 Å². The van der Waals surface area contributed by atoms with Crippen LogP contribution in [-0.4, -0.2) is 39.6 Å². The number of benzene rings is 2. The van der Waals surface area contributed by atoms with E-state index < -0.39 is 26.2 Å². The van der Waals surface area contributed by atoms with Crippen molar-refractivity contribution in [2.24, 2.45) is 5.73 Å². The molecule has 2 N–H and O–H groups in total. The van der Waals surface area contributed by atoms with E-state index in [1.807, 2.05) is 24.3 Å². The van der Waals surface area contributed by atoms with Gasteiger partial charge in [0.1, 0.15) is 5.82 Å². The van der Waals surface area contributed by atoms with Gasteiger partial charge in [0, 0.05) is 38.7 Å². The molecule has 7 nitrogen and oxygen atoms in total. The Kier molecular flexibility index (Phi) is 6.48. The Hall–Kier alpha value is -3.04. The lowest BCUT2D eigenvalue weighted by Gasteiger charge is -2.60. The molecular formula is C29H35N3O4Si. The molecule has 0 radical (unpaired) electrons. The van der Waals surface area contributed by atoms with E-state index in [0.29, 0.717) is 24.4 Å². The first kappa shape index (κ1) is 25.6. The van der Waals surface area contributed by atoms with E-state index in [0.717, 1.165) is 5.56 Å². The molecule has 2 aliphatic heterocycles. The van der Waals surface area contributed by atoms with Crippen molar-refractivity contribution in [2.45, 2.75) is 56.6 Å². The maximum Gasteiger partial charge on any atom is 0.320 e. The molecule has 1 aliphatic carbocycles. The average Bonchev–Trinajstić information content (AvgIpc) is 2.87. The fourth-order valence-corrected chi connectivity index (χ4v) is 10.9. The van der Waals surface area contributed by atoms with Crippen LogP contribution in [0.1, 0.15) is 51.2 Å². The molecule has 1 saturated carbocycles. The number of carbonyl (C=O) groups is 1. The zero-order valence-electron chi connectivity index (χ0n) is 22.1. The third kappa shape index (κ3) is 3.99. The predicted molar refractivity (Wildman–Crippen MR) is 146 cm³/mol. The molecule has 2 aromatic carbocycles. The van der Waals surface area contributed by atoms with Gasteiger partial charge in [-0.25, -0.2) is 9.78 Å². The molecule has 2 amide bonds. The lowest BCUT2D eigenvalue weighted by atomic mass is 9.67. The molecular weight excluding hydrogens is 482 g/mol. The van der Waals surface area contributed by atoms with Gasteiger partial charge < -0.3 is 19.6 Å². The van der Waals surface area contributed by atoms with Gasteiger partial charge in [0.25, 0.3) is 8.32 Å². The minimum Gasteiger partial charge on any atom is -0.398 e. The number of amides is 2. The summed E-state index contributed by atoms with van der Waals surface area (Å²) in [5.74, 6) is 0.532. The number of urea groups is 1. The summed E-state index contributed by atoms with van der Waals surface area (Å²) in [6, 6.07) is 24.5. The number of primary amides is 1. The second kappa shape index (κ2) is 9.36. The van der Waals surface area contributed by atoms with Gasteiger partial charge in [0.15, 0.2) is 0 Å². The van der Waals surface area contributed by atoms with Crippen molar-refractivity contribution in [1.82, 2.24) is 4.98 Å². The van der Waals surface area contributed by atoms with Gasteiger partial charge in [0.2, 0.25) is 6.29 Å². The van der Waals surface area contributed by atoms with Gasteiger partial charge in [0.05, 0.1) is 11.3 Å². The minimum atomic E-state index is -2.85. The molecule has 1 fully saturated rings. The minimum absolute atomic E-state index is 0.0745. The number of methoxy groups -OCH3 is 2. The van der Waals surface area contributed by atoms with E-state index in [1.165, 1.54) is 10.4 Å². The number of aromatic nitrogens is 1. The van der Waals surface area contributed by atoms with E-state index in [-0.39, 0.29) is 11.1 Å². The molecule has 2 bridgehead atoms. The summed E-state index contributed by atoms with van der Waals surface area (Å²) < 4.78 is 18.5. The standard InChI is InChI=1S/C29H35N3O4Si/c1-28(2,3)37(21-12-8-6-9-13-21,22-14-10-7-11-15-22)36-29-18-20(19-29)32(27(30)33)25-23(29)16-17-24(31-25)26(34-4)35-5/h6-17,20,26H,18-19H2,1-5H3,(H2,30,33). The Morgan fingerprint density at radius 2 is 1.51 bits per heavy atom. The Labute approximate surface area is 219 Å². The van der Waals surface area contributed by atoms with Crippen LogP contribution in [-0.2, 0) is 19.5 Å². The van der Waals surface area contributed by atoms with Gasteiger partial charge in [-0.05, 0) is 21.5 Å². The average molecular weight is 518 g/mol. The second-order valence-corrected chi connectivity index (χ2v) is 15.2. The highest BCUT2D eigenvalue weighted by atomic mass is 28.4. The lowest BCUT2D eigenvalue weighted by Crippen LogP contribution is -2.73. The maximum absolute atomic E-state index is 12.6. The Morgan fingerprint density at radius 1 is 0.973 bits per heavy atom. The number of pyridine rings is 1. The molecule has 0 saturated heterocycles. The van der Waals surface area contributed by atoms with E-state index in [4.69, 9.17) is 24.6 Å². The summed E-state index contributed by atoms with van der Waals surface area (Å²) in [6.07, 6.45) is 0.700. The third-order valence-corrected chi connectivity index (χ3v) is 12.9. The van der Waals surface area contributed by atoms with Gasteiger partial charge in [-0.2, -0.15) is 0 Å². The van der Waals surface area contributed by atoms with Gasteiger partial charge >= 0.3 is 6.03 Å². The normalized spacial score (nSPS) is 20.9. The summed E-state index contributed by atoms with van der Waals surface area (Å²) in [6.45, 7) is 6.82. The molecule has 3 heterocycles. The summed E-state index contributed by atoms with van der Waals surface area (Å²) in [5, 5.41) is 2.25. The molecule has 3 aliphatic rings. The number of anilines is 1. The van der Waals surface area contributed by atoms with Crippen molar-refractivity contribution in [1.29, 1.82) is 0 Å². The van der Waals surface area contributed by atoms with Crippen LogP contribution in [0.4, 0.5) is 10.6 Å². The van der Waals surface area contributed by atoms with Crippen LogP contribution in [0.25, 0.3) is 0 Å². The number of nitrogens with two attached hydrogens (primary N) is 1. The largest absolute Gasteiger partial charge is 0.398 e. The van der Waals surface area contributed by atoms with Crippen molar-refractivity contribution >= 4 is 30.5 Å². The predicted octanol–water partition coefficient (Wildman–Crippen LogP) is 4.21. The molecule has 194 valence electrons. The smallest absolute Gasteiger partial charge is 0.320 e. The first-order valence-electron chi connectivity index (χ1n) is 12.6. The Bertz CT molecular complexity index is 1230. The van der Waals surface area contributed by atoms with Crippen LogP contribution in [0, 0.1) is 0 Å². The molecule has 0 unspecified atom stereocenters. The van der Waals surface area contributed by atoms with Crippen molar-refractivity contribution in [3.05, 3.63) is 84.1 Å².